The van der Waals surface area contributed by atoms with Gasteiger partial charge in [-0.2, -0.15) is 5.26 Å². The van der Waals surface area contributed by atoms with Gasteiger partial charge in [0.25, 0.3) is 0 Å². The molecule has 0 saturated heterocycles. The molecule has 1 N–H and O–H groups in total. The molecule has 6 nitrogen and oxygen atoms in total. The topological polar surface area (TPSA) is 91.6 Å². The van der Waals surface area contributed by atoms with Crippen molar-refractivity contribution >= 4 is 39.4 Å². The molecule has 2 aromatic heterocycles. The predicted molar refractivity (Wildman–Crippen MR) is 87.5 cm³/mol. The van der Waals surface area contributed by atoms with Gasteiger partial charge in [0, 0.05) is 10.7 Å². The molecular weight excluding hydrogens is 366 g/mol. The molecule has 0 spiro atoms. The van der Waals surface area contributed by atoms with Crippen LogP contribution in [0.1, 0.15) is 17.1 Å². The largest absolute Gasteiger partial charge is 0.310 e. The Morgan fingerprint density at radius 1 is 1.41 bits per heavy atom. The minimum absolute atomic E-state index is 0.141. The molecular formula is C14H12BrN5OS. The summed E-state index contributed by atoms with van der Waals surface area (Å²) >= 11 is 4.49. The summed E-state index contributed by atoms with van der Waals surface area (Å²) in [6.45, 7) is 3.51. The summed E-state index contributed by atoms with van der Waals surface area (Å²) < 4.78 is 0.838. The standard InChI is InChI=1S/C14H12BrN5OS/c1-8-11(5-16)14(19-9(2)18-8)22-7-13(21)20-12-4-3-10(15)6-17-12/h3-4,6H,7H2,1-2H3,(H,17,20,21). The van der Waals surface area contributed by atoms with Crippen LogP contribution in [0.4, 0.5) is 5.82 Å². The maximum atomic E-state index is 11.9. The van der Waals surface area contributed by atoms with Crippen LogP contribution >= 0.6 is 27.7 Å². The highest BCUT2D eigenvalue weighted by atomic mass is 79.9. The van der Waals surface area contributed by atoms with Crippen molar-refractivity contribution < 1.29 is 4.79 Å². The molecule has 8 heteroatoms. The molecule has 0 aliphatic carbocycles. The smallest absolute Gasteiger partial charge is 0.235 e. The van der Waals surface area contributed by atoms with E-state index < -0.39 is 0 Å². The zero-order valence-corrected chi connectivity index (χ0v) is 14.3. The Bertz CT molecular complexity index is 742. The number of nitrogens with zero attached hydrogens (tertiary/aromatic N) is 4. The highest BCUT2D eigenvalue weighted by molar-refractivity contribution is 9.10. The van der Waals surface area contributed by atoms with Crippen LogP contribution in [-0.2, 0) is 4.79 Å². The highest BCUT2D eigenvalue weighted by Crippen LogP contribution is 2.22. The second-order valence-corrected chi connectivity index (χ2v) is 6.23. The number of nitrogens with one attached hydrogen (secondary N) is 1. The van der Waals surface area contributed by atoms with E-state index in [4.69, 9.17) is 5.26 Å². The minimum Gasteiger partial charge on any atom is -0.310 e. The predicted octanol–water partition coefficient (Wildman–Crippen LogP) is 2.85. The van der Waals surface area contributed by atoms with E-state index in [9.17, 15) is 4.79 Å². The van der Waals surface area contributed by atoms with Gasteiger partial charge >= 0.3 is 0 Å². The van der Waals surface area contributed by atoms with Crippen molar-refractivity contribution in [3.63, 3.8) is 0 Å². The monoisotopic (exact) mass is 377 g/mol. The lowest BCUT2D eigenvalue weighted by Crippen LogP contribution is -2.15. The van der Waals surface area contributed by atoms with Crippen molar-refractivity contribution in [2.75, 3.05) is 11.1 Å². The molecule has 0 bridgehead atoms. The zero-order chi connectivity index (χ0) is 16.1. The van der Waals surface area contributed by atoms with Crippen molar-refractivity contribution in [1.29, 1.82) is 5.26 Å². The van der Waals surface area contributed by atoms with Gasteiger partial charge in [0.15, 0.2) is 0 Å². The molecule has 22 heavy (non-hydrogen) atoms. The lowest BCUT2D eigenvalue weighted by atomic mass is 10.3. The second-order valence-electron chi connectivity index (χ2n) is 4.35. The van der Waals surface area contributed by atoms with Crippen LogP contribution in [-0.4, -0.2) is 26.6 Å². The number of thioether (sulfide) groups is 1. The molecule has 2 rings (SSSR count). The first kappa shape index (κ1) is 16.4. The average molecular weight is 378 g/mol. The number of anilines is 1. The summed E-state index contributed by atoms with van der Waals surface area (Å²) in [6, 6.07) is 5.57. The van der Waals surface area contributed by atoms with E-state index in [1.165, 1.54) is 11.8 Å². The third kappa shape index (κ3) is 4.26. The van der Waals surface area contributed by atoms with Gasteiger partial charge in [0.1, 0.15) is 28.3 Å². The second kappa shape index (κ2) is 7.33. The Hall–Kier alpha value is -1.98. The number of hydrogen-bond acceptors (Lipinski definition) is 6. The molecule has 0 fully saturated rings. The molecule has 0 aliphatic rings. The number of rotatable bonds is 4. The fraction of sp³-hybridized carbons (Fsp3) is 0.214. The summed E-state index contributed by atoms with van der Waals surface area (Å²) in [5, 5.41) is 12.4. The fourth-order valence-electron chi connectivity index (χ4n) is 1.68. The number of hydrogen-bond donors (Lipinski definition) is 1. The Morgan fingerprint density at radius 3 is 2.82 bits per heavy atom. The van der Waals surface area contributed by atoms with E-state index in [0.717, 1.165) is 4.47 Å². The molecule has 2 heterocycles. The van der Waals surface area contributed by atoms with Crippen LogP contribution in [0.25, 0.3) is 0 Å². The van der Waals surface area contributed by atoms with E-state index in [0.29, 0.717) is 27.9 Å². The van der Waals surface area contributed by atoms with Gasteiger partial charge in [0.05, 0.1) is 11.4 Å². The van der Waals surface area contributed by atoms with Gasteiger partial charge < -0.3 is 5.32 Å². The van der Waals surface area contributed by atoms with Gasteiger partial charge in [-0.3, -0.25) is 4.79 Å². The van der Waals surface area contributed by atoms with Crippen molar-refractivity contribution in [3.05, 3.63) is 39.9 Å². The van der Waals surface area contributed by atoms with Crippen LogP contribution in [0.5, 0.6) is 0 Å². The first-order chi connectivity index (χ1) is 10.5. The van der Waals surface area contributed by atoms with Crippen LogP contribution in [0.15, 0.2) is 27.8 Å². The maximum absolute atomic E-state index is 11.9. The summed E-state index contributed by atoms with van der Waals surface area (Å²) in [4.78, 5) is 24.4. The Balaban J connectivity index is 2.02. The molecule has 0 aliphatic heterocycles. The Labute approximate surface area is 140 Å². The Kier molecular flexibility index (Phi) is 5.46. The lowest BCUT2D eigenvalue weighted by molar-refractivity contribution is -0.113. The Morgan fingerprint density at radius 2 is 2.18 bits per heavy atom. The van der Waals surface area contributed by atoms with Gasteiger partial charge in [-0.15, -0.1) is 0 Å². The molecule has 112 valence electrons. The number of aromatic nitrogens is 3. The summed E-state index contributed by atoms with van der Waals surface area (Å²) in [6.07, 6.45) is 1.60. The first-order valence-electron chi connectivity index (χ1n) is 6.29. The van der Waals surface area contributed by atoms with Crippen LogP contribution < -0.4 is 5.32 Å². The SMILES string of the molecule is Cc1nc(C)c(C#N)c(SCC(=O)Nc2ccc(Br)cn2)n1. The van der Waals surface area contributed by atoms with E-state index in [1.807, 2.05) is 0 Å². The summed E-state index contributed by atoms with van der Waals surface area (Å²) in [5.41, 5.74) is 1.03. The summed E-state index contributed by atoms with van der Waals surface area (Å²) in [5.74, 6) is 0.985. The molecule has 0 saturated carbocycles. The molecule has 2 aromatic rings. The van der Waals surface area contributed by atoms with Crippen molar-refractivity contribution in [2.45, 2.75) is 18.9 Å². The minimum atomic E-state index is -0.211. The lowest BCUT2D eigenvalue weighted by Gasteiger charge is -2.07. The molecule has 1 amide bonds. The number of halogens is 1. The van der Waals surface area contributed by atoms with Crippen molar-refractivity contribution in [1.82, 2.24) is 15.0 Å². The van der Waals surface area contributed by atoms with Crippen molar-refractivity contribution in [2.24, 2.45) is 0 Å². The third-order valence-electron chi connectivity index (χ3n) is 2.62. The molecule has 0 unspecified atom stereocenters. The highest BCUT2D eigenvalue weighted by Gasteiger charge is 2.12. The fourth-order valence-corrected chi connectivity index (χ4v) is 2.79. The normalized spacial score (nSPS) is 10.1. The third-order valence-corrected chi connectivity index (χ3v) is 4.06. The van der Waals surface area contributed by atoms with E-state index in [-0.39, 0.29) is 11.7 Å². The molecule has 0 atom stereocenters. The van der Waals surface area contributed by atoms with Crippen LogP contribution in [0.3, 0.4) is 0 Å². The van der Waals surface area contributed by atoms with E-state index in [2.05, 4.69) is 42.3 Å². The van der Waals surface area contributed by atoms with E-state index in [1.54, 1.807) is 32.2 Å². The quantitative estimate of drug-likeness (QED) is 0.650. The zero-order valence-electron chi connectivity index (χ0n) is 11.9. The van der Waals surface area contributed by atoms with Gasteiger partial charge in [-0.1, -0.05) is 11.8 Å². The number of aryl methyl sites for hydroxylation is 2. The number of nitriles is 1. The van der Waals surface area contributed by atoms with Crippen LogP contribution in [0.2, 0.25) is 0 Å². The molecule has 0 radical (unpaired) electrons. The average Bonchev–Trinajstić information content (AvgIpc) is 2.47. The van der Waals surface area contributed by atoms with Gasteiger partial charge in [-0.25, -0.2) is 15.0 Å². The first-order valence-corrected chi connectivity index (χ1v) is 8.07. The van der Waals surface area contributed by atoms with Gasteiger partial charge in [0.2, 0.25) is 5.91 Å². The van der Waals surface area contributed by atoms with Gasteiger partial charge in [-0.05, 0) is 41.9 Å². The van der Waals surface area contributed by atoms with Crippen LogP contribution in [0, 0.1) is 25.2 Å². The number of carbonyl (C=O) groups is 1. The number of pyridine rings is 1. The summed E-state index contributed by atoms with van der Waals surface area (Å²) in [7, 11) is 0. The maximum Gasteiger partial charge on any atom is 0.235 e. The van der Waals surface area contributed by atoms with Crippen molar-refractivity contribution in [3.8, 4) is 6.07 Å². The molecule has 0 aromatic carbocycles. The van der Waals surface area contributed by atoms with E-state index >= 15 is 0 Å². The number of amides is 1. The number of carbonyl (C=O) groups excluding carboxylic acids is 1.